The summed E-state index contributed by atoms with van der Waals surface area (Å²) in [7, 11) is 3.39. The topological polar surface area (TPSA) is 41.9 Å². The number of hydrogen-bond acceptors (Lipinski definition) is 4. The standard InChI is InChI=1S/C18H29NO3/c1-5-9-19(10-6-2)15-11-13-14(12-16(15)20)18(22-4)8-7-17(13)21-3/h7-8,15-16,20H,5-6,9-12H2,1-4H3/t15-,16+/m0/s1. The molecule has 0 heterocycles. The molecule has 2 rings (SSSR count). The lowest BCUT2D eigenvalue weighted by Crippen LogP contribution is -2.49. The van der Waals surface area contributed by atoms with Gasteiger partial charge in [0.2, 0.25) is 0 Å². The van der Waals surface area contributed by atoms with Crippen molar-refractivity contribution in [3.05, 3.63) is 23.3 Å². The van der Waals surface area contributed by atoms with E-state index in [9.17, 15) is 5.11 Å². The molecule has 0 saturated heterocycles. The second-order valence-electron chi connectivity index (χ2n) is 6.01. The van der Waals surface area contributed by atoms with Gasteiger partial charge in [0, 0.05) is 23.6 Å². The normalized spacial score (nSPS) is 20.8. The summed E-state index contributed by atoms with van der Waals surface area (Å²) in [6.45, 7) is 6.43. The van der Waals surface area contributed by atoms with Gasteiger partial charge in [-0.2, -0.15) is 0 Å². The Hall–Kier alpha value is -1.26. The van der Waals surface area contributed by atoms with E-state index in [1.165, 1.54) is 5.56 Å². The molecular weight excluding hydrogens is 278 g/mol. The van der Waals surface area contributed by atoms with Crippen LogP contribution >= 0.6 is 0 Å². The number of hydrogen-bond donors (Lipinski definition) is 1. The Morgan fingerprint density at radius 3 is 1.95 bits per heavy atom. The van der Waals surface area contributed by atoms with Gasteiger partial charge in [0.1, 0.15) is 11.5 Å². The van der Waals surface area contributed by atoms with Gasteiger partial charge in [0.05, 0.1) is 20.3 Å². The Kier molecular flexibility index (Phi) is 6.09. The minimum absolute atomic E-state index is 0.161. The molecule has 0 unspecified atom stereocenters. The molecule has 1 aliphatic rings. The lowest BCUT2D eigenvalue weighted by atomic mass is 9.84. The van der Waals surface area contributed by atoms with Crippen molar-refractivity contribution >= 4 is 0 Å². The van der Waals surface area contributed by atoms with E-state index in [0.29, 0.717) is 6.42 Å². The van der Waals surface area contributed by atoms with Gasteiger partial charge in [0.15, 0.2) is 0 Å². The molecule has 0 saturated carbocycles. The fourth-order valence-electron chi connectivity index (χ4n) is 3.56. The smallest absolute Gasteiger partial charge is 0.122 e. The quantitative estimate of drug-likeness (QED) is 0.841. The number of rotatable bonds is 7. The Balaban J connectivity index is 2.34. The van der Waals surface area contributed by atoms with E-state index in [1.54, 1.807) is 14.2 Å². The molecule has 0 fully saturated rings. The predicted octanol–water partition coefficient (Wildman–Crippen LogP) is 2.65. The average molecular weight is 307 g/mol. The van der Waals surface area contributed by atoms with Crippen molar-refractivity contribution in [2.75, 3.05) is 27.3 Å². The van der Waals surface area contributed by atoms with Gasteiger partial charge < -0.3 is 14.6 Å². The summed E-state index contributed by atoms with van der Waals surface area (Å²) in [5, 5.41) is 10.7. The van der Waals surface area contributed by atoms with Gasteiger partial charge >= 0.3 is 0 Å². The van der Waals surface area contributed by atoms with E-state index in [0.717, 1.165) is 49.4 Å². The molecule has 124 valence electrons. The average Bonchev–Trinajstić information content (AvgIpc) is 2.53. The molecule has 2 atom stereocenters. The Morgan fingerprint density at radius 1 is 1.00 bits per heavy atom. The Labute approximate surface area is 134 Å². The second-order valence-corrected chi connectivity index (χ2v) is 6.01. The molecule has 4 heteroatoms. The summed E-state index contributed by atoms with van der Waals surface area (Å²) >= 11 is 0. The SMILES string of the molecule is CCCN(CCC)[C@H]1Cc2c(OC)ccc(OC)c2C[C@H]1O. The summed E-state index contributed by atoms with van der Waals surface area (Å²) in [5.41, 5.74) is 2.29. The summed E-state index contributed by atoms with van der Waals surface area (Å²) in [6, 6.07) is 4.06. The highest BCUT2D eigenvalue weighted by Crippen LogP contribution is 2.37. The van der Waals surface area contributed by atoms with Crippen LogP contribution < -0.4 is 9.47 Å². The lowest BCUT2D eigenvalue weighted by Gasteiger charge is -2.39. The molecule has 1 aromatic rings. The van der Waals surface area contributed by atoms with Crippen LogP contribution in [0, 0.1) is 0 Å². The summed E-state index contributed by atoms with van der Waals surface area (Å²) in [5.74, 6) is 1.76. The van der Waals surface area contributed by atoms with Gasteiger partial charge in [-0.15, -0.1) is 0 Å². The molecule has 1 aliphatic carbocycles. The first-order chi connectivity index (χ1) is 10.7. The Morgan fingerprint density at radius 2 is 1.50 bits per heavy atom. The molecular formula is C18H29NO3. The van der Waals surface area contributed by atoms with Crippen molar-refractivity contribution in [1.29, 1.82) is 0 Å². The van der Waals surface area contributed by atoms with E-state index in [4.69, 9.17) is 9.47 Å². The van der Waals surface area contributed by atoms with Crippen LogP contribution in [0.1, 0.15) is 37.8 Å². The lowest BCUT2D eigenvalue weighted by molar-refractivity contribution is 0.0413. The number of aliphatic hydroxyl groups is 1. The number of methoxy groups -OCH3 is 2. The number of aliphatic hydroxyl groups excluding tert-OH is 1. The van der Waals surface area contributed by atoms with E-state index in [1.807, 2.05) is 12.1 Å². The van der Waals surface area contributed by atoms with Crippen molar-refractivity contribution in [2.24, 2.45) is 0 Å². The molecule has 0 amide bonds. The van der Waals surface area contributed by atoms with Crippen LogP contribution in [-0.4, -0.2) is 49.5 Å². The third-order valence-corrected chi connectivity index (χ3v) is 4.55. The zero-order chi connectivity index (χ0) is 16.1. The number of ether oxygens (including phenoxy) is 2. The predicted molar refractivity (Wildman–Crippen MR) is 88.9 cm³/mol. The molecule has 1 aromatic carbocycles. The van der Waals surface area contributed by atoms with Crippen molar-refractivity contribution in [2.45, 2.75) is 51.7 Å². The Bertz CT molecular complexity index is 483. The first-order valence-corrected chi connectivity index (χ1v) is 8.31. The molecule has 1 N–H and O–H groups in total. The van der Waals surface area contributed by atoms with E-state index < -0.39 is 0 Å². The van der Waals surface area contributed by atoms with E-state index in [2.05, 4.69) is 18.7 Å². The van der Waals surface area contributed by atoms with Crippen LogP contribution in [0.3, 0.4) is 0 Å². The minimum Gasteiger partial charge on any atom is -0.496 e. The third kappa shape index (κ3) is 3.39. The zero-order valence-electron chi connectivity index (χ0n) is 14.3. The fourth-order valence-corrected chi connectivity index (χ4v) is 3.56. The first kappa shape index (κ1) is 17.1. The molecule has 0 bridgehead atoms. The maximum atomic E-state index is 10.7. The maximum absolute atomic E-state index is 10.7. The van der Waals surface area contributed by atoms with Crippen molar-refractivity contribution in [1.82, 2.24) is 4.90 Å². The van der Waals surface area contributed by atoms with Crippen LogP contribution in [0.15, 0.2) is 12.1 Å². The molecule has 0 aliphatic heterocycles. The molecule has 0 radical (unpaired) electrons. The van der Waals surface area contributed by atoms with Gasteiger partial charge in [-0.05, 0) is 44.5 Å². The van der Waals surface area contributed by atoms with Gasteiger partial charge in [-0.1, -0.05) is 13.8 Å². The van der Waals surface area contributed by atoms with Crippen molar-refractivity contribution < 1.29 is 14.6 Å². The highest BCUT2D eigenvalue weighted by Gasteiger charge is 2.34. The van der Waals surface area contributed by atoms with Crippen molar-refractivity contribution in [3.63, 3.8) is 0 Å². The van der Waals surface area contributed by atoms with Crippen LogP contribution in [0.25, 0.3) is 0 Å². The van der Waals surface area contributed by atoms with E-state index >= 15 is 0 Å². The number of fused-ring (bicyclic) bond motifs is 1. The van der Waals surface area contributed by atoms with Crippen LogP contribution in [0.4, 0.5) is 0 Å². The molecule has 22 heavy (non-hydrogen) atoms. The summed E-state index contributed by atoms with van der Waals surface area (Å²) < 4.78 is 11.0. The molecule has 0 spiro atoms. The molecule has 0 aromatic heterocycles. The highest BCUT2D eigenvalue weighted by atomic mass is 16.5. The van der Waals surface area contributed by atoms with Crippen LogP contribution in [0.5, 0.6) is 11.5 Å². The second kappa shape index (κ2) is 7.84. The summed E-state index contributed by atoms with van der Waals surface area (Å²) in [6.07, 6.45) is 3.30. The molecule has 4 nitrogen and oxygen atoms in total. The highest BCUT2D eigenvalue weighted by molar-refractivity contribution is 5.51. The van der Waals surface area contributed by atoms with E-state index in [-0.39, 0.29) is 12.1 Å². The fraction of sp³-hybridized carbons (Fsp3) is 0.667. The van der Waals surface area contributed by atoms with Crippen molar-refractivity contribution in [3.8, 4) is 11.5 Å². The minimum atomic E-state index is -0.355. The van der Waals surface area contributed by atoms with Crippen LogP contribution in [-0.2, 0) is 12.8 Å². The number of nitrogens with zero attached hydrogens (tertiary/aromatic N) is 1. The monoisotopic (exact) mass is 307 g/mol. The number of benzene rings is 1. The first-order valence-electron chi connectivity index (χ1n) is 8.31. The van der Waals surface area contributed by atoms with Crippen LogP contribution in [0.2, 0.25) is 0 Å². The van der Waals surface area contributed by atoms with Gasteiger partial charge in [-0.25, -0.2) is 0 Å². The largest absolute Gasteiger partial charge is 0.496 e. The van der Waals surface area contributed by atoms with Gasteiger partial charge in [-0.3, -0.25) is 4.90 Å². The third-order valence-electron chi connectivity index (χ3n) is 4.55. The van der Waals surface area contributed by atoms with Gasteiger partial charge in [0.25, 0.3) is 0 Å². The maximum Gasteiger partial charge on any atom is 0.122 e. The zero-order valence-corrected chi connectivity index (χ0v) is 14.3. The summed E-state index contributed by atoms with van der Waals surface area (Å²) in [4.78, 5) is 2.42.